The van der Waals surface area contributed by atoms with Crippen LogP contribution in [0.3, 0.4) is 0 Å². The van der Waals surface area contributed by atoms with Crippen LogP contribution in [0, 0.1) is 12.3 Å². The van der Waals surface area contributed by atoms with Gasteiger partial charge >= 0.3 is 0 Å². The van der Waals surface area contributed by atoms with E-state index in [2.05, 4.69) is 4.98 Å². The van der Waals surface area contributed by atoms with E-state index < -0.39 is 0 Å². The molecule has 0 bridgehead atoms. The van der Waals surface area contributed by atoms with Crippen molar-refractivity contribution in [3.05, 3.63) is 66.3 Å². The second kappa shape index (κ2) is 5.02. The summed E-state index contributed by atoms with van der Waals surface area (Å²) in [5, 5.41) is 10.3. The summed E-state index contributed by atoms with van der Waals surface area (Å²) in [6, 6.07) is 9.29. The average molecular weight is 281 g/mol. The predicted molar refractivity (Wildman–Crippen MR) is 88.0 cm³/mol. The zero-order valence-electron chi connectivity index (χ0n) is 13.9. The molecule has 1 aromatic carbocycles. The third-order valence-electron chi connectivity index (χ3n) is 3.05. The topological polar surface area (TPSA) is 36.7 Å². The zero-order chi connectivity index (χ0) is 16.6. The minimum absolute atomic E-state index is 0.0121. The van der Waals surface area contributed by atoms with Gasteiger partial charge < -0.3 is 5.41 Å². The fourth-order valence-electron chi connectivity index (χ4n) is 2.15. The first-order chi connectivity index (χ1) is 11.0. The number of hydrogen-bond acceptors (Lipinski definition) is 3. The number of allylic oxidation sites excluding steroid dienone is 3. The van der Waals surface area contributed by atoms with E-state index in [1.54, 1.807) is 6.07 Å². The van der Waals surface area contributed by atoms with E-state index in [1.165, 1.54) is 17.4 Å². The monoisotopic (exact) mass is 281 g/mol. The summed E-state index contributed by atoms with van der Waals surface area (Å²) < 4.78 is 23.6. The molecule has 0 spiro atoms. The lowest BCUT2D eigenvalue weighted by Crippen LogP contribution is -1.93. The predicted octanol–water partition coefficient (Wildman–Crippen LogP) is 4.87. The van der Waals surface area contributed by atoms with E-state index in [1.807, 2.05) is 31.2 Å². The number of aryl methyl sites for hydroxylation is 1. The molecular weight excluding hydrogens is 264 g/mol. The Morgan fingerprint density at radius 2 is 2.30 bits per heavy atom. The second-order valence-electron chi connectivity index (χ2n) is 4.40. The number of pyridine rings is 1. The maximum atomic E-state index is 8.27. The molecule has 2 aromatic heterocycles. The van der Waals surface area contributed by atoms with Crippen LogP contribution in [0.4, 0.5) is 0 Å². The van der Waals surface area contributed by atoms with Gasteiger partial charge in [-0.05, 0) is 25.1 Å². The lowest BCUT2D eigenvalue weighted by molar-refractivity contribution is 1.27. The molecular formula is C17H14N2S. The van der Waals surface area contributed by atoms with Crippen molar-refractivity contribution in [2.75, 3.05) is 0 Å². The van der Waals surface area contributed by atoms with Crippen LogP contribution < -0.4 is 0 Å². The highest BCUT2D eigenvalue weighted by atomic mass is 32.1. The van der Waals surface area contributed by atoms with Crippen LogP contribution in [0.5, 0.6) is 0 Å². The minimum Gasteiger partial charge on any atom is -0.300 e. The van der Waals surface area contributed by atoms with Gasteiger partial charge in [-0.1, -0.05) is 36.9 Å². The Labute approximate surface area is 125 Å². The van der Waals surface area contributed by atoms with Crippen molar-refractivity contribution in [1.82, 2.24) is 4.98 Å². The molecule has 0 aliphatic rings. The summed E-state index contributed by atoms with van der Waals surface area (Å²) >= 11 is 1.50. The molecule has 98 valence electrons. The smallest absolute Gasteiger partial charge is 0.124 e. The van der Waals surface area contributed by atoms with Crippen LogP contribution >= 0.6 is 11.3 Å². The third-order valence-corrected chi connectivity index (χ3v) is 4.20. The Bertz CT molecular complexity index is 986. The van der Waals surface area contributed by atoms with Crippen LogP contribution in [-0.2, 0) is 0 Å². The average Bonchev–Trinajstić information content (AvgIpc) is 2.91. The van der Waals surface area contributed by atoms with Crippen LogP contribution in [0.25, 0.3) is 20.3 Å². The molecule has 0 aliphatic carbocycles. The van der Waals surface area contributed by atoms with Crippen LogP contribution in [-0.4, -0.2) is 10.7 Å². The fraction of sp³-hybridized carbons (Fsp3) is 0.0588. The highest BCUT2D eigenvalue weighted by Gasteiger charge is 2.11. The molecule has 2 nitrogen and oxygen atoms in total. The van der Waals surface area contributed by atoms with Gasteiger partial charge in [-0.25, -0.2) is 4.98 Å². The number of hydrogen-bond donors (Lipinski definition) is 1. The van der Waals surface area contributed by atoms with Crippen molar-refractivity contribution in [3.8, 4) is 0 Å². The van der Waals surface area contributed by atoms with E-state index in [0.29, 0.717) is 5.56 Å². The number of benzene rings is 1. The number of nitrogens with zero attached hydrogens (tertiary/aromatic N) is 1. The van der Waals surface area contributed by atoms with Gasteiger partial charge in [0.05, 0.1) is 9.82 Å². The molecule has 3 rings (SSSR count). The Balaban J connectivity index is 2.24. The standard InChI is InChI=1S/C17H14N2S/c1-3-4-8-15(18)14-7-5-6-12-13-10-9-11(2)19-17(13)20-16(12)14/h3-10,18H,1H2,2H3/b8-4-,18-15?/i1D,4D,8D/b3-1?,8-4-,18-15?. The van der Waals surface area contributed by atoms with E-state index in [0.717, 1.165) is 32.6 Å². The first kappa shape index (κ1) is 9.61. The van der Waals surface area contributed by atoms with Crippen molar-refractivity contribution < 1.29 is 4.11 Å². The van der Waals surface area contributed by atoms with Gasteiger partial charge in [0, 0.05) is 26.7 Å². The summed E-state index contributed by atoms with van der Waals surface area (Å²) in [5.74, 6) is 0. The zero-order valence-corrected chi connectivity index (χ0v) is 11.7. The van der Waals surface area contributed by atoms with Gasteiger partial charge in [0.25, 0.3) is 0 Å². The molecule has 0 saturated carbocycles. The number of nitrogens with one attached hydrogen (secondary N) is 1. The van der Waals surface area contributed by atoms with E-state index in [9.17, 15) is 0 Å². The van der Waals surface area contributed by atoms with E-state index in [4.69, 9.17) is 9.52 Å². The van der Waals surface area contributed by atoms with Crippen molar-refractivity contribution in [1.29, 1.82) is 5.41 Å². The minimum atomic E-state index is -0.192. The summed E-state index contributed by atoms with van der Waals surface area (Å²) in [5.41, 5.74) is 1.55. The van der Waals surface area contributed by atoms with Gasteiger partial charge in [-0.2, -0.15) is 0 Å². The molecule has 3 heteroatoms. The number of aromatic nitrogens is 1. The molecule has 0 atom stereocenters. The lowest BCUT2D eigenvalue weighted by Gasteiger charge is -2.00. The molecule has 2 heterocycles. The largest absolute Gasteiger partial charge is 0.300 e. The summed E-state index contributed by atoms with van der Waals surface area (Å²) in [7, 11) is 0. The second-order valence-corrected chi connectivity index (χ2v) is 5.40. The normalized spacial score (nSPS) is 15.2. The Hall–Kier alpha value is -2.26. The SMILES string of the molecule is [2H]C=C/C([2H])=C(/[2H])C(=N)c1cccc2c1sc1nc(C)ccc12. The summed E-state index contributed by atoms with van der Waals surface area (Å²) in [6.07, 6.45) is 1.20. The molecule has 1 N–H and O–H groups in total. The molecule has 0 aliphatic heterocycles. The van der Waals surface area contributed by atoms with Crippen LogP contribution in [0.15, 0.2) is 55.1 Å². The van der Waals surface area contributed by atoms with Crippen molar-refractivity contribution in [3.63, 3.8) is 0 Å². The summed E-state index contributed by atoms with van der Waals surface area (Å²) in [6.45, 7) is 2.90. The first-order valence-electron chi connectivity index (χ1n) is 7.71. The van der Waals surface area contributed by atoms with Crippen molar-refractivity contribution in [2.24, 2.45) is 0 Å². The maximum Gasteiger partial charge on any atom is 0.124 e. The van der Waals surface area contributed by atoms with E-state index in [-0.39, 0.29) is 17.8 Å². The van der Waals surface area contributed by atoms with Crippen molar-refractivity contribution in [2.45, 2.75) is 6.92 Å². The molecule has 3 aromatic rings. The van der Waals surface area contributed by atoms with Crippen molar-refractivity contribution >= 4 is 37.4 Å². The Morgan fingerprint density at radius 1 is 1.40 bits per heavy atom. The highest BCUT2D eigenvalue weighted by Crippen LogP contribution is 2.35. The number of rotatable bonds is 3. The Kier molecular flexibility index (Phi) is 2.41. The number of thiophene rings is 1. The first-order valence-corrected chi connectivity index (χ1v) is 6.95. The third kappa shape index (κ3) is 2.06. The van der Waals surface area contributed by atoms with Crippen LogP contribution in [0.1, 0.15) is 15.4 Å². The number of fused-ring (bicyclic) bond motifs is 3. The lowest BCUT2D eigenvalue weighted by atomic mass is 10.1. The highest BCUT2D eigenvalue weighted by molar-refractivity contribution is 7.25. The van der Waals surface area contributed by atoms with Gasteiger partial charge in [0.2, 0.25) is 0 Å². The van der Waals surface area contributed by atoms with Gasteiger partial charge in [0.1, 0.15) is 4.83 Å². The van der Waals surface area contributed by atoms with Crippen LogP contribution in [0.2, 0.25) is 0 Å². The summed E-state index contributed by atoms with van der Waals surface area (Å²) in [4.78, 5) is 5.45. The van der Waals surface area contributed by atoms with Gasteiger partial charge in [0.15, 0.2) is 0 Å². The quantitative estimate of drug-likeness (QED) is 0.540. The molecule has 0 saturated heterocycles. The molecule has 0 unspecified atom stereocenters. The van der Waals surface area contributed by atoms with Gasteiger partial charge in [-0.3, -0.25) is 0 Å². The van der Waals surface area contributed by atoms with Gasteiger partial charge in [-0.15, -0.1) is 11.3 Å². The Morgan fingerprint density at radius 3 is 3.15 bits per heavy atom. The molecule has 0 amide bonds. The molecule has 20 heavy (non-hydrogen) atoms. The maximum absolute atomic E-state index is 8.27. The molecule has 0 radical (unpaired) electrons. The fourth-order valence-corrected chi connectivity index (χ4v) is 3.39. The van der Waals surface area contributed by atoms with E-state index >= 15 is 0 Å². The molecule has 0 fully saturated rings.